The van der Waals surface area contributed by atoms with Crippen molar-refractivity contribution in [2.24, 2.45) is 5.92 Å². The van der Waals surface area contributed by atoms with E-state index in [-0.39, 0.29) is 17.7 Å². The number of piperidine rings is 1. The Bertz CT molecular complexity index is 444. The topological polar surface area (TPSA) is 69.3 Å². The van der Waals surface area contributed by atoms with Gasteiger partial charge in [-0.15, -0.1) is 0 Å². The van der Waals surface area contributed by atoms with E-state index in [9.17, 15) is 9.59 Å². The molecule has 6 nitrogen and oxygen atoms in total. The summed E-state index contributed by atoms with van der Waals surface area (Å²) in [6, 6.07) is 0. The Balaban J connectivity index is 1.93. The molecule has 1 aliphatic rings. The van der Waals surface area contributed by atoms with Crippen LogP contribution in [0.15, 0.2) is 12.4 Å². The monoisotopic (exact) mass is 264 g/mol. The van der Waals surface area contributed by atoms with Crippen molar-refractivity contribution >= 4 is 11.8 Å². The predicted octanol–water partition coefficient (Wildman–Crippen LogP) is 0.627. The van der Waals surface area contributed by atoms with Crippen LogP contribution >= 0.6 is 0 Å². The van der Waals surface area contributed by atoms with Gasteiger partial charge >= 0.3 is 0 Å². The number of hydrogen-bond donors (Lipinski definition) is 1. The molecule has 6 heteroatoms. The summed E-state index contributed by atoms with van der Waals surface area (Å²) in [6.45, 7) is 3.33. The van der Waals surface area contributed by atoms with Crippen molar-refractivity contribution in [1.29, 1.82) is 0 Å². The minimum absolute atomic E-state index is 0.0474. The highest BCUT2D eigenvalue weighted by Gasteiger charge is 2.29. The number of hydrogen-bond acceptors (Lipinski definition) is 3. The van der Waals surface area contributed by atoms with Crippen molar-refractivity contribution in [3.05, 3.63) is 18.2 Å². The maximum Gasteiger partial charge on any atom is 0.227 e. The second-order valence-electron chi connectivity index (χ2n) is 5.03. The van der Waals surface area contributed by atoms with Gasteiger partial charge in [0.25, 0.3) is 0 Å². The standard InChI is InChI=1S/C13H20N4O2/c1-10(18)17-7-3-4-11(8-17)13(19)16(2)9-12-14-5-6-15-12/h5-6,11H,3-4,7-9H2,1-2H3,(H,14,15). The van der Waals surface area contributed by atoms with Gasteiger partial charge in [-0.3, -0.25) is 9.59 Å². The van der Waals surface area contributed by atoms with Gasteiger partial charge in [-0.1, -0.05) is 0 Å². The van der Waals surface area contributed by atoms with Crippen molar-refractivity contribution in [2.45, 2.75) is 26.3 Å². The third-order valence-electron chi connectivity index (χ3n) is 3.53. The van der Waals surface area contributed by atoms with Gasteiger partial charge in [0.1, 0.15) is 5.82 Å². The molecule has 1 fully saturated rings. The minimum Gasteiger partial charge on any atom is -0.347 e. The molecular weight excluding hydrogens is 244 g/mol. The van der Waals surface area contributed by atoms with Crippen molar-refractivity contribution in [2.75, 3.05) is 20.1 Å². The number of nitrogens with one attached hydrogen (secondary N) is 1. The summed E-state index contributed by atoms with van der Waals surface area (Å²) < 4.78 is 0. The summed E-state index contributed by atoms with van der Waals surface area (Å²) in [5.74, 6) is 0.821. The Morgan fingerprint density at radius 3 is 3.00 bits per heavy atom. The van der Waals surface area contributed by atoms with Gasteiger partial charge in [-0.05, 0) is 12.8 Å². The van der Waals surface area contributed by atoms with Crippen LogP contribution in [0.2, 0.25) is 0 Å². The number of likely N-dealkylation sites (tertiary alicyclic amines) is 1. The fourth-order valence-electron chi connectivity index (χ4n) is 2.46. The first-order valence-electron chi connectivity index (χ1n) is 6.56. The normalized spacial score (nSPS) is 19.3. The molecular formula is C13H20N4O2. The maximum atomic E-state index is 12.3. The second-order valence-corrected chi connectivity index (χ2v) is 5.03. The number of carbonyl (C=O) groups excluding carboxylic acids is 2. The average molecular weight is 264 g/mol. The number of carbonyl (C=O) groups is 2. The van der Waals surface area contributed by atoms with Gasteiger partial charge in [0, 0.05) is 39.5 Å². The number of aromatic amines is 1. The smallest absolute Gasteiger partial charge is 0.227 e. The van der Waals surface area contributed by atoms with E-state index in [1.54, 1.807) is 36.2 Å². The molecule has 1 aromatic rings. The van der Waals surface area contributed by atoms with E-state index < -0.39 is 0 Å². The van der Waals surface area contributed by atoms with Crippen molar-refractivity contribution in [3.63, 3.8) is 0 Å². The van der Waals surface area contributed by atoms with Crippen LogP contribution in [-0.2, 0) is 16.1 Å². The highest BCUT2D eigenvalue weighted by Crippen LogP contribution is 2.19. The fourth-order valence-corrected chi connectivity index (χ4v) is 2.46. The van der Waals surface area contributed by atoms with E-state index in [1.807, 2.05) is 0 Å². The molecule has 1 aromatic heterocycles. The van der Waals surface area contributed by atoms with Crippen LogP contribution in [0.3, 0.4) is 0 Å². The fraction of sp³-hybridized carbons (Fsp3) is 0.615. The second kappa shape index (κ2) is 5.86. The Morgan fingerprint density at radius 2 is 2.37 bits per heavy atom. The van der Waals surface area contributed by atoms with Crippen molar-refractivity contribution < 1.29 is 9.59 Å². The summed E-state index contributed by atoms with van der Waals surface area (Å²) >= 11 is 0. The molecule has 0 aromatic carbocycles. The van der Waals surface area contributed by atoms with Gasteiger partial charge < -0.3 is 14.8 Å². The maximum absolute atomic E-state index is 12.3. The molecule has 1 N–H and O–H groups in total. The Hall–Kier alpha value is -1.85. The van der Waals surface area contributed by atoms with E-state index in [2.05, 4.69) is 9.97 Å². The molecule has 1 unspecified atom stereocenters. The number of H-pyrrole nitrogens is 1. The molecule has 0 aliphatic carbocycles. The molecule has 0 bridgehead atoms. The van der Waals surface area contributed by atoms with Crippen LogP contribution in [0, 0.1) is 5.92 Å². The molecule has 0 saturated carbocycles. The number of aromatic nitrogens is 2. The van der Waals surface area contributed by atoms with Gasteiger partial charge in [0.2, 0.25) is 11.8 Å². The minimum atomic E-state index is -0.0855. The summed E-state index contributed by atoms with van der Waals surface area (Å²) in [4.78, 5) is 34.2. The summed E-state index contributed by atoms with van der Waals surface area (Å²) in [5.41, 5.74) is 0. The van der Waals surface area contributed by atoms with Crippen LogP contribution in [0.25, 0.3) is 0 Å². The average Bonchev–Trinajstić information content (AvgIpc) is 2.90. The third kappa shape index (κ3) is 3.33. The van der Waals surface area contributed by atoms with E-state index in [1.165, 1.54) is 0 Å². The lowest BCUT2D eigenvalue weighted by Gasteiger charge is -2.33. The molecule has 2 rings (SSSR count). The third-order valence-corrected chi connectivity index (χ3v) is 3.53. The molecule has 1 atom stereocenters. The van der Waals surface area contributed by atoms with Crippen molar-refractivity contribution in [1.82, 2.24) is 19.8 Å². The van der Waals surface area contributed by atoms with Crippen LogP contribution in [0.1, 0.15) is 25.6 Å². The van der Waals surface area contributed by atoms with Crippen LogP contribution in [-0.4, -0.2) is 51.7 Å². The number of nitrogens with zero attached hydrogens (tertiary/aromatic N) is 3. The molecule has 2 amide bonds. The first-order chi connectivity index (χ1) is 9.08. The summed E-state index contributed by atoms with van der Waals surface area (Å²) in [5, 5.41) is 0. The highest BCUT2D eigenvalue weighted by molar-refractivity contribution is 5.80. The molecule has 0 spiro atoms. The first kappa shape index (κ1) is 13.6. The van der Waals surface area contributed by atoms with E-state index in [4.69, 9.17) is 0 Å². The molecule has 19 heavy (non-hydrogen) atoms. The predicted molar refractivity (Wildman–Crippen MR) is 70.0 cm³/mol. The lowest BCUT2D eigenvalue weighted by molar-refractivity contribution is -0.139. The number of amides is 2. The van der Waals surface area contributed by atoms with Crippen LogP contribution in [0.4, 0.5) is 0 Å². The number of imidazole rings is 1. The Morgan fingerprint density at radius 1 is 1.58 bits per heavy atom. The zero-order chi connectivity index (χ0) is 13.8. The molecule has 1 saturated heterocycles. The van der Waals surface area contributed by atoms with Gasteiger partial charge in [-0.25, -0.2) is 4.98 Å². The zero-order valence-corrected chi connectivity index (χ0v) is 11.4. The van der Waals surface area contributed by atoms with Crippen LogP contribution in [0.5, 0.6) is 0 Å². The molecule has 1 aliphatic heterocycles. The quantitative estimate of drug-likeness (QED) is 0.870. The summed E-state index contributed by atoms with van der Waals surface area (Å²) in [6.07, 6.45) is 5.16. The van der Waals surface area contributed by atoms with Crippen molar-refractivity contribution in [3.8, 4) is 0 Å². The lowest BCUT2D eigenvalue weighted by Crippen LogP contribution is -2.45. The van der Waals surface area contributed by atoms with Gasteiger partial charge in [0.15, 0.2) is 0 Å². The lowest BCUT2D eigenvalue weighted by atomic mass is 9.96. The van der Waals surface area contributed by atoms with Gasteiger partial charge in [0.05, 0.1) is 12.5 Å². The Kier molecular flexibility index (Phi) is 4.19. The molecule has 0 radical (unpaired) electrons. The largest absolute Gasteiger partial charge is 0.347 e. The number of rotatable bonds is 3. The molecule has 2 heterocycles. The van der Waals surface area contributed by atoms with E-state index in [0.29, 0.717) is 13.1 Å². The highest BCUT2D eigenvalue weighted by atomic mass is 16.2. The Labute approximate surface area is 112 Å². The first-order valence-corrected chi connectivity index (χ1v) is 6.56. The van der Waals surface area contributed by atoms with Gasteiger partial charge in [-0.2, -0.15) is 0 Å². The van der Waals surface area contributed by atoms with Crippen LogP contribution < -0.4 is 0 Å². The molecule has 104 valence electrons. The van der Waals surface area contributed by atoms with E-state index in [0.717, 1.165) is 25.2 Å². The summed E-state index contributed by atoms with van der Waals surface area (Å²) in [7, 11) is 1.78. The van der Waals surface area contributed by atoms with E-state index >= 15 is 0 Å². The SMILES string of the molecule is CC(=O)N1CCCC(C(=O)N(C)Cc2ncc[nH]2)C1. The zero-order valence-electron chi connectivity index (χ0n) is 11.4.